The fourth-order valence-electron chi connectivity index (χ4n) is 1.96. The molecule has 0 aliphatic heterocycles. The van der Waals surface area contributed by atoms with E-state index in [1.165, 1.54) is 9.35 Å². The Morgan fingerprint density at radius 3 is 2.89 bits per heavy atom. The number of rotatable bonds is 6. The van der Waals surface area contributed by atoms with Gasteiger partial charge >= 0.3 is 0 Å². The molecule has 0 saturated heterocycles. The first-order valence-corrected chi connectivity index (χ1v) is 7.85. The van der Waals surface area contributed by atoms with Crippen LogP contribution in [-0.4, -0.2) is 6.04 Å². The van der Waals surface area contributed by atoms with E-state index >= 15 is 0 Å². The van der Waals surface area contributed by atoms with Crippen LogP contribution in [0.4, 0.5) is 0 Å². The van der Waals surface area contributed by atoms with E-state index in [2.05, 4.69) is 46.5 Å². The predicted octanol–water partition coefficient (Wildman–Crippen LogP) is 4.78. The quantitative estimate of drug-likeness (QED) is 0.826. The van der Waals surface area contributed by atoms with E-state index in [9.17, 15) is 0 Å². The average Bonchev–Trinajstić information content (AvgIpc) is 2.97. The van der Waals surface area contributed by atoms with Crippen LogP contribution in [0.5, 0.6) is 0 Å². The van der Waals surface area contributed by atoms with E-state index in [-0.39, 0.29) is 0 Å². The monoisotopic (exact) mass is 327 g/mol. The molecule has 0 aliphatic carbocycles. The van der Waals surface area contributed by atoms with E-state index in [1.807, 2.05) is 12.1 Å². The Hall–Kier alpha value is -0.580. The van der Waals surface area contributed by atoms with E-state index in [0.717, 1.165) is 18.6 Å². The van der Waals surface area contributed by atoms with Crippen LogP contribution in [0.15, 0.2) is 38.7 Å². The first-order valence-electron chi connectivity index (χ1n) is 6.17. The fourth-order valence-corrected chi connectivity index (χ4v) is 3.42. The minimum Gasteiger partial charge on any atom is -0.469 e. The van der Waals surface area contributed by atoms with Crippen LogP contribution in [0.1, 0.15) is 36.9 Å². The molecule has 4 heteroatoms. The lowest BCUT2D eigenvalue weighted by Crippen LogP contribution is -2.28. The molecule has 0 amide bonds. The summed E-state index contributed by atoms with van der Waals surface area (Å²) in [6.07, 6.45) is 3.81. The Labute approximate surface area is 121 Å². The second-order valence-corrected chi connectivity index (χ2v) is 6.43. The lowest BCUT2D eigenvalue weighted by Gasteiger charge is -2.18. The summed E-state index contributed by atoms with van der Waals surface area (Å²) in [7, 11) is 0. The Morgan fingerprint density at radius 1 is 1.44 bits per heavy atom. The van der Waals surface area contributed by atoms with E-state index in [4.69, 9.17) is 4.42 Å². The highest BCUT2D eigenvalue weighted by Crippen LogP contribution is 2.25. The van der Waals surface area contributed by atoms with Gasteiger partial charge in [-0.3, -0.25) is 0 Å². The van der Waals surface area contributed by atoms with Gasteiger partial charge in [-0.05, 0) is 54.4 Å². The van der Waals surface area contributed by atoms with E-state index < -0.39 is 0 Å². The van der Waals surface area contributed by atoms with Crippen molar-refractivity contribution in [2.24, 2.45) is 0 Å². The van der Waals surface area contributed by atoms with Crippen molar-refractivity contribution in [3.63, 3.8) is 0 Å². The number of furan rings is 1. The molecule has 0 radical (unpaired) electrons. The van der Waals surface area contributed by atoms with Crippen LogP contribution in [-0.2, 0) is 6.42 Å². The first kappa shape index (κ1) is 13.8. The molecule has 2 rings (SSSR count). The zero-order valence-electron chi connectivity index (χ0n) is 10.7. The van der Waals surface area contributed by atoms with Crippen molar-refractivity contribution in [2.75, 3.05) is 0 Å². The fraction of sp³-hybridized carbons (Fsp3) is 0.429. The molecule has 2 nitrogen and oxygen atoms in total. The van der Waals surface area contributed by atoms with Crippen LogP contribution in [0.2, 0.25) is 0 Å². The van der Waals surface area contributed by atoms with Crippen molar-refractivity contribution in [2.45, 2.75) is 38.8 Å². The molecule has 1 N–H and O–H groups in total. The summed E-state index contributed by atoms with van der Waals surface area (Å²) in [5.74, 6) is 1.06. The smallest absolute Gasteiger partial charge is 0.103 e. The zero-order chi connectivity index (χ0) is 13.0. The molecule has 98 valence electrons. The standard InChI is InChI=1S/C14H18BrNOS/c1-10(5-6-13-4-3-7-17-13)16-11(2)14-8-12(15)9-18-14/h3-4,7-11,16H,5-6H2,1-2H3. The highest BCUT2D eigenvalue weighted by atomic mass is 79.9. The van der Waals surface area contributed by atoms with Gasteiger partial charge in [0.1, 0.15) is 5.76 Å². The van der Waals surface area contributed by atoms with Gasteiger partial charge in [-0.15, -0.1) is 11.3 Å². The Balaban J connectivity index is 1.78. The summed E-state index contributed by atoms with van der Waals surface area (Å²) in [6.45, 7) is 4.43. The van der Waals surface area contributed by atoms with Gasteiger partial charge in [0.2, 0.25) is 0 Å². The number of nitrogens with one attached hydrogen (secondary N) is 1. The van der Waals surface area contributed by atoms with Gasteiger partial charge in [-0.25, -0.2) is 0 Å². The van der Waals surface area contributed by atoms with E-state index in [0.29, 0.717) is 12.1 Å². The molecule has 2 unspecified atom stereocenters. The molecule has 0 aliphatic rings. The Morgan fingerprint density at radius 2 is 2.28 bits per heavy atom. The average molecular weight is 328 g/mol. The third kappa shape index (κ3) is 3.97. The highest BCUT2D eigenvalue weighted by Gasteiger charge is 2.11. The number of halogens is 1. The largest absolute Gasteiger partial charge is 0.469 e. The van der Waals surface area contributed by atoms with Crippen molar-refractivity contribution >= 4 is 27.3 Å². The van der Waals surface area contributed by atoms with Crippen molar-refractivity contribution < 1.29 is 4.42 Å². The molecule has 2 aromatic rings. The second-order valence-electron chi connectivity index (χ2n) is 4.57. The number of hydrogen-bond acceptors (Lipinski definition) is 3. The van der Waals surface area contributed by atoms with E-state index in [1.54, 1.807) is 17.6 Å². The van der Waals surface area contributed by atoms with Crippen LogP contribution >= 0.6 is 27.3 Å². The predicted molar refractivity (Wildman–Crippen MR) is 80.1 cm³/mol. The normalized spacial score (nSPS) is 14.6. The maximum Gasteiger partial charge on any atom is 0.103 e. The number of hydrogen-bond donors (Lipinski definition) is 1. The number of aryl methyl sites for hydroxylation is 1. The summed E-state index contributed by atoms with van der Waals surface area (Å²) in [4.78, 5) is 1.37. The Bertz CT molecular complexity index is 466. The highest BCUT2D eigenvalue weighted by molar-refractivity contribution is 9.10. The molecule has 0 saturated carbocycles. The van der Waals surface area contributed by atoms with Gasteiger partial charge in [0.05, 0.1) is 6.26 Å². The van der Waals surface area contributed by atoms with Gasteiger partial charge in [0, 0.05) is 33.2 Å². The summed E-state index contributed by atoms with van der Waals surface area (Å²) >= 11 is 5.28. The summed E-state index contributed by atoms with van der Waals surface area (Å²) < 4.78 is 6.51. The zero-order valence-corrected chi connectivity index (χ0v) is 13.1. The van der Waals surface area contributed by atoms with Gasteiger partial charge in [0.25, 0.3) is 0 Å². The van der Waals surface area contributed by atoms with Crippen LogP contribution in [0.3, 0.4) is 0 Å². The minimum absolute atomic E-state index is 0.396. The SMILES string of the molecule is CC(CCc1ccco1)NC(C)c1cc(Br)cs1. The summed E-state index contributed by atoms with van der Waals surface area (Å²) in [6, 6.07) is 7.03. The van der Waals surface area contributed by atoms with Crippen molar-refractivity contribution in [1.29, 1.82) is 0 Å². The van der Waals surface area contributed by atoms with Crippen molar-refractivity contribution in [3.8, 4) is 0 Å². The molecule has 2 heterocycles. The molecular weight excluding hydrogens is 310 g/mol. The van der Waals surface area contributed by atoms with Crippen LogP contribution in [0, 0.1) is 0 Å². The lowest BCUT2D eigenvalue weighted by atomic mass is 10.1. The van der Waals surface area contributed by atoms with Gasteiger partial charge in [0.15, 0.2) is 0 Å². The third-order valence-corrected chi connectivity index (χ3v) is 4.83. The Kier molecular flexibility index (Phi) is 5.03. The molecule has 0 aromatic carbocycles. The molecule has 0 spiro atoms. The van der Waals surface area contributed by atoms with Crippen LogP contribution in [0.25, 0.3) is 0 Å². The second kappa shape index (κ2) is 6.55. The maximum atomic E-state index is 5.34. The lowest BCUT2D eigenvalue weighted by molar-refractivity contribution is 0.433. The van der Waals surface area contributed by atoms with Crippen molar-refractivity contribution in [1.82, 2.24) is 5.32 Å². The third-order valence-electron chi connectivity index (χ3n) is 2.95. The van der Waals surface area contributed by atoms with Crippen molar-refractivity contribution in [3.05, 3.63) is 45.0 Å². The number of thiophene rings is 1. The first-order chi connectivity index (χ1) is 8.65. The van der Waals surface area contributed by atoms with Gasteiger partial charge < -0.3 is 9.73 Å². The molecular formula is C14H18BrNOS. The minimum atomic E-state index is 0.396. The van der Waals surface area contributed by atoms with Gasteiger partial charge in [-0.1, -0.05) is 0 Å². The molecule has 2 atom stereocenters. The topological polar surface area (TPSA) is 25.2 Å². The molecule has 0 bridgehead atoms. The maximum absolute atomic E-state index is 5.34. The molecule has 2 aromatic heterocycles. The summed E-state index contributed by atoms with van der Waals surface area (Å²) in [5.41, 5.74) is 0. The summed E-state index contributed by atoms with van der Waals surface area (Å²) in [5, 5.41) is 5.75. The molecule has 18 heavy (non-hydrogen) atoms. The molecule has 0 fully saturated rings. The van der Waals surface area contributed by atoms with Crippen LogP contribution < -0.4 is 5.32 Å². The van der Waals surface area contributed by atoms with Gasteiger partial charge in [-0.2, -0.15) is 0 Å².